The van der Waals surface area contributed by atoms with E-state index in [9.17, 15) is 0 Å². The molecule has 0 spiro atoms. The molecule has 0 unspecified atom stereocenters. The zero-order valence-corrected chi connectivity index (χ0v) is 8.61. The number of ether oxygens (including phenoxy) is 1. The zero-order chi connectivity index (χ0) is 8.10. The minimum Gasteiger partial charge on any atom is -0.385 e. The molecule has 0 aliphatic rings. The molecular formula is C6H9BrN2OS. The van der Waals surface area contributed by atoms with E-state index in [-0.39, 0.29) is 0 Å². The fourth-order valence-electron chi connectivity index (χ4n) is 0.703. The lowest BCUT2D eigenvalue weighted by atomic mass is 10.3. The Bertz CT molecular complexity index is 216. The summed E-state index contributed by atoms with van der Waals surface area (Å²) in [4.78, 5) is 4.15. The number of hydrogen-bond acceptors (Lipinski definition) is 4. The molecule has 0 radical (unpaired) electrons. The molecule has 0 fully saturated rings. The van der Waals surface area contributed by atoms with Crippen molar-refractivity contribution in [3.05, 3.63) is 9.74 Å². The van der Waals surface area contributed by atoms with E-state index in [2.05, 4.69) is 25.3 Å². The van der Waals surface area contributed by atoms with Gasteiger partial charge in [0.25, 0.3) is 0 Å². The highest BCUT2D eigenvalue weighted by atomic mass is 79.9. The average Bonchev–Trinajstić information content (AvgIpc) is 2.37. The fourth-order valence-corrected chi connectivity index (χ4v) is 1.84. The minimum atomic E-state index is 0.690. The van der Waals surface area contributed by atoms with Gasteiger partial charge in [-0.1, -0.05) is 0 Å². The molecule has 1 aromatic heterocycles. The van der Waals surface area contributed by atoms with Crippen molar-refractivity contribution in [3.63, 3.8) is 0 Å². The lowest BCUT2D eigenvalue weighted by Crippen LogP contribution is -1.91. The van der Waals surface area contributed by atoms with Crippen molar-refractivity contribution in [2.75, 3.05) is 13.7 Å². The molecule has 62 valence electrons. The third kappa shape index (κ3) is 3.27. The van der Waals surface area contributed by atoms with Crippen LogP contribution >= 0.6 is 27.5 Å². The summed E-state index contributed by atoms with van der Waals surface area (Å²) in [6.45, 7) is 0.789. The highest BCUT2D eigenvalue weighted by Gasteiger charge is 1.99. The van der Waals surface area contributed by atoms with Crippen LogP contribution in [0.5, 0.6) is 0 Å². The summed E-state index contributed by atoms with van der Waals surface area (Å²) in [6, 6.07) is 0. The maximum Gasteiger partial charge on any atom is 0.209 e. The molecule has 0 saturated heterocycles. The van der Waals surface area contributed by atoms with Crippen LogP contribution in [0.3, 0.4) is 0 Å². The second-order valence-electron chi connectivity index (χ2n) is 2.05. The van der Waals surface area contributed by atoms with Crippen molar-refractivity contribution in [3.8, 4) is 0 Å². The third-order valence-corrected chi connectivity index (χ3v) is 2.54. The normalized spacial score (nSPS) is 10.4. The van der Waals surface area contributed by atoms with Gasteiger partial charge in [0, 0.05) is 20.1 Å². The summed E-state index contributed by atoms with van der Waals surface area (Å²) in [5.74, 6) is 0. The summed E-state index contributed by atoms with van der Waals surface area (Å²) >= 11 is 4.63. The van der Waals surface area contributed by atoms with Crippen molar-refractivity contribution in [1.29, 1.82) is 0 Å². The highest BCUT2D eigenvalue weighted by Crippen LogP contribution is 2.11. The summed E-state index contributed by atoms with van der Waals surface area (Å²) in [6.07, 6.45) is 1.97. The molecule has 1 heterocycles. The Labute approximate surface area is 78.1 Å². The summed E-state index contributed by atoms with van der Waals surface area (Å²) in [5, 5.41) is 1.06. The van der Waals surface area contributed by atoms with Gasteiger partial charge in [-0.05, 0) is 33.9 Å². The van der Waals surface area contributed by atoms with Crippen molar-refractivity contribution >= 4 is 27.5 Å². The van der Waals surface area contributed by atoms with E-state index in [0.29, 0.717) is 4.73 Å². The maximum atomic E-state index is 4.92. The van der Waals surface area contributed by atoms with Gasteiger partial charge in [0.1, 0.15) is 5.01 Å². The number of hydrogen-bond donors (Lipinski definition) is 0. The van der Waals surface area contributed by atoms with Crippen LogP contribution in [0.4, 0.5) is 0 Å². The Morgan fingerprint density at radius 3 is 3.00 bits per heavy atom. The predicted octanol–water partition coefficient (Wildman–Crippen LogP) is 1.88. The van der Waals surface area contributed by atoms with Crippen LogP contribution in [-0.4, -0.2) is 23.1 Å². The van der Waals surface area contributed by atoms with E-state index in [1.807, 2.05) is 0 Å². The zero-order valence-electron chi connectivity index (χ0n) is 6.21. The number of methoxy groups -OCH3 is 1. The molecule has 5 heteroatoms. The number of rotatable bonds is 4. The summed E-state index contributed by atoms with van der Waals surface area (Å²) in [7, 11) is 1.70. The van der Waals surface area contributed by atoms with E-state index in [1.165, 1.54) is 11.5 Å². The van der Waals surface area contributed by atoms with Crippen molar-refractivity contribution in [2.24, 2.45) is 0 Å². The lowest BCUT2D eigenvalue weighted by Gasteiger charge is -1.93. The van der Waals surface area contributed by atoms with Gasteiger partial charge in [-0.15, -0.1) is 0 Å². The van der Waals surface area contributed by atoms with Crippen molar-refractivity contribution in [1.82, 2.24) is 9.36 Å². The number of nitrogens with zero attached hydrogens (tertiary/aromatic N) is 2. The van der Waals surface area contributed by atoms with Gasteiger partial charge in [0.15, 0.2) is 0 Å². The van der Waals surface area contributed by atoms with E-state index >= 15 is 0 Å². The molecule has 0 amide bonds. The van der Waals surface area contributed by atoms with E-state index < -0.39 is 0 Å². The van der Waals surface area contributed by atoms with Crippen molar-refractivity contribution < 1.29 is 4.74 Å². The molecule has 11 heavy (non-hydrogen) atoms. The van der Waals surface area contributed by atoms with Gasteiger partial charge < -0.3 is 4.74 Å². The Morgan fingerprint density at radius 1 is 1.64 bits per heavy atom. The van der Waals surface area contributed by atoms with E-state index in [0.717, 1.165) is 24.5 Å². The summed E-state index contributed by atoms with van der Waals surface area (Å²) < 4.78 is 9.61. The smallest absolute Gasteiger partial charge is 0.209 e. The second-order valence-corrected chi connectivity index (χ2v) is 3.60. The number of halogens is 1. The first-order valence-corrected chi connectivity index (χ1v) is 4.86. The first-order valence-electron chi connectivity index (χ1n) is 3.30. The van der Waals surface area contributed by atoms with Crippen LogP contribution in [-0.2, 0) is 11.2 Å². The molecule has 0 atom stereocenters. The lowest BCUT2D eigenvalue weighted by molar-refractivity contribution is 0.195. The van der Waals surface area contributed by atoms with Crippen molar-refractivity contribution in [2.45, 2.75) is 12.8 Å². The minimum absolute atomic E-state index is 0.690. The SMILES string of the molecule is COCCCc1nc(Br)ns1. The topological polar surface area (TPSA) is 35.0 Å². The van der Waals surface area contributed by atoms with Crippen LogP contribution in [0, 0.1) is 0 Å². The van der Waals surface area contributed by atoms with Crippen LogP contribution in [0.25, 0.3) is 0 Å². The Morgan fingerprint density at radius 2 is 2.45 bits per heavy atom. The van der Waals surface area contributed by atoms with Gasteiger partial charge in [-0.2, -0.15) is 4.37 Å². The Hall–Kier alpha value is -0.0000000000000000278. The number of aryl methyl sites for hydroxylation is 1. The molecule has 0 bridgehead atoms. The molecule has 0 aliphatic heterocycles. The molecule has 1 aromatic rings. The highest BCUT2D eigenvalue weighted by molar-refractivity contribution is 9.10. The van der Waals surface area contributed by atoms with E-state index in [4.69, 9.17) is 4.74 Å². The molecule has 0 N–H and O–H groups in total. The van der Waals surface area contributed by atoms with Crippen LogP contribution in [0.2, 0.25) is 0 Å². The Kier molecular flexibility index (Phi) is 3.96. The molecule has 1 rings (SSSR count). The maximum absolute atomic E-state index is 4.92. The Balaban J connectivity index is 2.27. The van der Waals surface area contributed by atoms with Gasteiger partial charge >= 0.3 is 0 Å². The van der Waals surface area contributed by atoms with Crippen LogP contribution in [0.15, 0.2) is 4.73 Å². The van der Waals surface area contributed by atoms with Gasteiger partial charge in [-0.3, -0.25) is 0 Å². The molecule has 0 saturated carbocycles. The van der Waals surface area contributed by atoms with Crippen LogP contribution in [0.1, 0.15) is 11.4 Å². The summed E-state index contributed by atoms with van der Waals surface area (Å²) in [5.41, 5.74) is 0. The van der Waals surface area contributed by atoms with Gasteiger partial charge in [0.05, 0.1) is 0 Å². The molecule has 0 aliphatic carbocycles. The number of aromatic nitrogens is 2. The third-order valence-electron chi connectivity index (χ3n) is 1.18. The van der Waals surface area contributed by atoms with Crippen LogP contribution < -0.4 is 0 Å². The monoisotopic (exact) mass is 236 g/mol. The molecule has 0 aromatic carbocycles. The van der Waals surface area contributed by atoms with E-state index in [1.54, 1.807) is 7.11 Å². The first kappa shape index (κ1) is 9.09. The predicted molar refractivity (Wildman–Crippen MR) is 47.8 cm³/mol. The largest absolute Gasteiger partial charge is 0.385 e. The second kappa shape index (κ2) is 4.79. The fraction of sp³-hybridized carbons (Fsp3) is 0.667. The quantitative estimate of drug-likeness (QED) is 0.750. The first-order chi connectivity index (χ1) is 5.33. The van der Waals surface area contributed by atoms with Gasteiger partial charge in [-0.25, -0.2) is 4.98 Å². The average molecular weight is 237 g/mol. The molecule has 3 nitrogen and oxygen atoms in total. The van der Waals surface area contributed by atoms with Gasteiger partial charge in [0.2, 0.25) is 4.73 Å². The molecular weight excluding hydrogens is 228 g/mol. The standard InChI is InChI=1S/C6H9BrN2OS/c1-10-4-2-3-5-8-6(7)9-11-5/h2-4H2,1H3.